The smallest absolute Gasteiger partial charge is 0.308 e. The highest BCUT2D eigenvalue weighted by Crippen LogP contribution is 2.43. The first-order valence-corrected chi connectivity index (χ1v) is 11.3. The summed E-state index contributed by atoms with van der Waals surface area (Å²) in [6.07, 6.45) is 1.18. The number of benzene rings is 2. The van der Waals surface area contributed by atoms with Gasteiger partial charge in [0.25, 0.3) is 0 Å². The van der Waals surface area contributed by atoms with Gasteiger partial charge in [0.05, 0.1) is 36.8 Å². The van der Waals surface area contributed by atoms with Crippen molar-refractivity contribution in [3.63, 3.8) is 0 Å². The van der Waals surface area contributed by atoms with Gasteiger partial charge in [-0.1, -0.05) is 38.1 Å². The lowest BCUT2D eigenvalue weighted by atomic mass is 9.88. The van der Waals surface area contributed by atoms with E-state index in [0.717, 1.165) is 26.7 Å². The number of ether oxygens (including phenoxy) is 2. The molecule has 2 aromatic carbocycles. The number of halogens is 2. The van der Waals surface area contributed by atoms with Crippen LogP contribution >= 0.6 is 15.9 Å². The molecule has 0 aliphatic carbocycles. The maximum atomic E-state index is 13.5. The molecular formula is C25H30BrFO5. The zero-order chi connectivity index (χ0) is 23.8. The number of rotatable bonds is 10. The molecule has 0 fully saturated rings. The van der Waals surface area contributed by atoms with Gasteiger partial charge in [-0.25, -0.2) is 4.39 Å². The molecule has 0 aromatic heterocycles. The molecule has 0 saturated carbocycles. The van der Waals surface area contributed by atoms with Crippen molar-refractivity contribution in [1.29, 1.82) is 0 Å². The van der Waals surface area contributed by atoms with Crippen LogP contribution in [-0.4, -0.2) is 42.1 Å². The molecule has 0 aliphatic rings. The normalized spacial score (nSPS) is 13.4. The van der Waals surface area contributed by atoms with Crippen molar-refractivity contribution in [3.8, 4) is 16.9 Å². The van der Waals surface area contributed by atoms with Gasteiger partial charge in [-0.2, -0.15) is 0 Å². The molecule has 0 aliphatic heterocycles. The lowest BCUT2D eigenvalue weighted by Crippen LogP contribution is -2.20. The molecule has 0 amide bonds. The van der Waals surface area contributed by atoms with E-state index in [2.05, 4.69) is 29.8 Å². The molecule has 0 spiro atoms. The fourth-order valence-electron chi connectivity index (χ4n) is 3.49. The number of hydrogen-bond donors (Lipinski definition) is 2. The first kappa shape index (κ1) is 26.0. The molecule has 0 radical (unpaired) electrons. The van der Waals surface area contributed by atoms with E-state index in [0.29, 0.717) is 5.75 Å². The molecule has 2 N–H and O–H groups in total. The molecular weight excluding hydrogens is 479 g/mol. The molecule has 7 heteroatoms. The van der Waals surface area contributed by atoms with Gasteiger partial charge in [0.2, 0.25) is 0 Å². The molecule has 2 atom stereocenters. The van der Waals surface area contributed by atoms with Crippen LogP contribution in [-0.2, 0) is 9.53 Å². The van der Waals surface area contributed by atoms with Gasteiger partial charge in [-0.05, 0) is 63.7 Å². The number of methoxy groups -OCH3 is 1. The van der Waals surface area contributed by atoms with E-state index in [1.54, 1.807) is 38.3 Å². The van der Waals surface area contributed by atoms with E-state index in [1.165, 1.54) is 12.1 Å². The van der Waals surface area contributed by atoms with E-state index in [4.69, 9.17) is 9.47 Å². The number of hydrogen-bond acceptors (Lipinski definition) is 5. The van der Waals surface area contributed by atoms with Crippen LogP contribution < -0.4 is 4.74 Å². The van der Waals surface area contributed by atoms with Crippen LogP contribution in [0.25, 0.3) is 17.2 Å². The summed E-state index contributed by atoms with van der Waals surface area (Å²) in [4.78, 5) is 11.5. The molecule has 0 heterocycles. The average Bonchev–Trinajstić information content (AvgIpc) is 2.72. The summed E-state index contributed by atoms with van der Waals surface area (Å²) in [6.45, 7) is 6.04. The SMILES string of the molecule is CCOC(=O)CC(O)CC(O)/C=C/c1c(C(C)C)cc(Br)c(OC)c1-c1ccc(F)cc1. The van der Waals surface area contributed by atoms with Gasteiger partial charge in [-0.15, -0.1) is 0 Å². The Labute approximate surface area is 197 Å². The Kier molecular flexibility index (Phi) is 9.87. The molecule has 2 unspecified atom stereocenters. The molecule has 32 heavy (non-hydrogen) atoms. The minimum Gasteiger partial charge on any atom is -0.495 e. The lowest BCUT2D eigenvalue weighted by molar-refractivity contribution is -0.145. The Hall–Kier alpha value is -2.22. The predicted molar refractivity (Wildman–Crippen MR) is 127 cm³/mol. The number of esters is 1. The fraction of sp³-hybridized carbons (Fsp3) is 0.400. The second kappa shape index (κ2) is 12.1. The Morgan fingerprint density at radius 2 is 1.88 bits per heavy atom. The zero-order valence-corrected chi connectivity index (χ0v) is 20.4. The van der Waals surface area contributed by atoms with Crippen molar-refractivity contribution in [2.45, 2.75) is 51.7 Å². The Bertz CT molecular complexity index is 940. The van der Waals surface area contributed by atoms with E-state index >= 15 is 0 Å². The average molecular weight is 509 g/mol. The van der Waals surface area contributed by atoms with Crippen LogP contribution in [0, 0.1) is 5.82 Å². The summed E-state index contributed by atoms with van der Waals surface area (Å²) in [5.74, 6) is -0.0930. The second-order valence-corrected chi connectivity index (χ2v) is 8.61. The maximum Gasteiger partial charge on any atom is 0.308 e. The van der Waals surface area contributed by atoms with Crippen LogP contribution in [0.15, 0.2) is 40.9 Å². The monoisotopic (exact) mass is 508 g/mol. The zero-order valence-electron chi connectivity index (χ0n) is 18.8. The highest BCUT2D eigenvalue weighted by Gasteiger charge is 2.20. The minimum absolute atomic E-state index is 0.00806. The van der Waals surface area contributed by atoms with Gasteiger partial charge >= 0.3 is 5.97 Å². The molecule has 5 nitrogen and oxygen atoms in total. The number of aliphatic hydroxyl groups is 2. The van der Waals surface area contributed by atoms with E-state index in [-0.39, 0.29) is 31.2 Å². The van der Waals surface area contributed by atoms with E-state index in [1.807, 2.05) is 6.07 Å². The number of carbonyl (C=O) groups excluding carboxylic acids is 1. The van der Waals surface area contributed by atoms with E-state index in [9.17, 15) is 19.4 Å². The molecule has 2 rings (SSSR count). The van der Waals surface area contributed by atoms with Crippen LogP contribution in [0.3, 0.4) is 0 Å². The van der Waals surface area contributed by atoms with Crippen molar-refractivity contribution < 1.29 is 28.9 Å². The standard InChI is InChI=1S/C25H30BrFO5/c1-5-32-23(30)13-19(29)12-18(28)10-11-20-21(15(2)3)14-22(26)25(31-4)24(20)16-6-8-17(27)9-7-16/h6-11,14-15,18-19,28-29H,5,12-13H2,1-4H3/b11-10+. The van der Waals surface area contributed by atoms with Crippen molar-refractivity contribution in [2.24, 2.45) is 0 Å². The van der Waals surface area contributed by atoms with Crippen molar-refractivity contribution in [1.82, 2.24) is 0 Å². The predicted octanol–water partition coefficient (Wildman–Crippen LogP) is 5.47. The molecule has 0 saturated heterocycles. The van der Waals surface area contributed by atoms with Crippen LogP contribution in [0.1, 0.15) is 50.7 Å². The Morgan fingerprint density at radius 3 is 2.44 bits per heavy atom. The number of carbonyl (C=O) groups is 1. The van der Waals surface area contributed by atoms with E-state index < -0.39 is 18.2 Å². The fourth-order valence-corrected chi connectivity index (χ4v) is 4.09. The summed E-state index contributed by atoms with van der Waals surface area (Å²) in [7, 11) is 1.57. The minimum atomic E-state index is -1.02. The number of aliphatic hydroxyl groups excluding tert-OH is 2. The Balaban J connectivity index is 2.44. The molecule has 0 bridgehead atoms. The Morgan fingerprint density at radius 1 is 1.22 bits per heavy atom. The summed E-state index contributed by atoms with van der Waals surface area (Å²) >= 11 is 3.57. The van der Waals surface area contributed by atoms with Crippen LogP contribution in [0.2, 0.25) is 0 Å². The first-order valence-electron chi connectivity index (χ1n) is 10.5. The third kappa shape index (κ3) is 6.89. The summed E-state index contributed by atoms with van der Waals surface area (Å²) in [6, 6.07) is 8.11. The topological polar surface area (TPSA) is 76.0 Å². The third-order valence-electron chi connectivity index (χ3n) is 4.97. The highest BCUT2D eigenvalue weighted by atomic mass is 79.9. The van der Waals surface area contributed by atoms with Gasteiger partial charge in [0.15, 0.2) is 0 Å². The van der Waals surface area contributed by atoms with Gasteiger partial charge in [-0.3, -0.25) is 4.79 Å². The lowest BCUT2D eigenvalue weighted by Gasteiger charge is -2.20. The van der Waals surface area contributed by atoms with Gasteiger partial charge < -0.3 is 19.7 Å². The first-order chi connectivity index (χ1) is 15.2. The quantitative estimate of drug-likeness (QED) is 0.416. The maximum absolute atomic E-state index is 13.5. The van der Waals surface area contributed by atoms with Crippen molar-refractivity contribution >= 4 is 28.0 Å². The van der Waals surface area contributed by atoms with Crippen molar-refractivity contribution in [3.05, 3.63) is 57.8 Å². The second-order valence-electron chi connectivity index (χ2n) is 7.76. The molecule has 174 valence electrons. The van der Waals surface area contributed by atoms with Crippen LogP contribution in [0.5, 0.6) is 5.75 Å². The van der Waals surface area contributed by atoms with Crippen molar-refractivity contribution in [2.75, 3.05) is 13.7 Å². The molecule has 2 aromatic rings. The van der Waals surface area contributed by atoms with Gasteiger partial charge in [0, 0.05) is 12.0 Å². The van der Waals surface area contributed by atoms with Crippen LogP contribution in [0.4, 0.5) is 4.39 Å². The largest absolute Gasteiger partial charge is 0.495 e. The summed E-state index contributed by atoms with van der Waals surface area (Å²) in [5.41, 5.74) is 3.36. The summed E-state index contributed by atoms with van der Waals surface area (Å²) < 4.78 is 24.8. The third-order valence-corrected chi connectivity index (χ3v) is 5.56. The summed E-state index contributed by atoms with van der Waals surface area (Å²) in [5, 5.41) is 20.5. The van der Waals surface area contributed by atoms with Gasteiger partial charge in [0.1, 0.15) is 11.6 Å². The highest BCUT2D eigenvalue weighted by molar-refractivity contribution is 9.10.